The van der Waals surface area contributed by atoms with Gasteiger partial charge in [0.25, 0.3) is 5.56 Å². The van der Waals surface area contributed by atoms with Crippen molar-refractivity contribution in [1.82, 2.24) is 14.5 Å². The lowest BCUT2D eigenvalue weighted by Gasteiger charge is -2.08. The number of halogens is 2. The molecule has 5 rings (SSSR count). The van der Waals surface area contributed by atoms with Crippen LogP contribution in [-0.4, -0.2) is 20.6 Å². The second-order valence-electron chi connectivity index (χ2n) is 7.24. The second kappa shape index (κ2) is 9.09. The van der Waals surface area contributed by atoms with Crippen LogP contribution in [0.25, 0.3) is 15.9 Å². The zero-order chi connectivity index (χ0) is 23.8. The highest BCUT2D eigenvalue weighted by Crippen LogP contribution is 2.32. The van der Waals surface area contributed by atoms with Crippen molar-refractivity contribution in [2.45, 2.75) is 17.0 Å². The van der Waals surface area contributed by atoms with Gasteiger partial charge in [0.05, 0.1) is 20.9 Å². The third kappa shape index (κ3) is 4.76. The van der Waals surface area contributed by atoms with Gasteiger partial charge >= 0.3 is 6.03 Å². The average molecular weight is 516 g/mol. The van der Waals surface area contributed by atoms with Gasteiger partial charge in [-0.1, -0.05) is 23.4 Å². The van der Waals surface area contributed by atoms with Crippen molar-refractivity contribution in [3.8, 4) is 0 Å². The molecule has 3 aromatic heterocycles. The standard InChI is InChI=1S/C22H15ClFN5O3S2/c1-11-6-19-25-14(9-20(30)29(19)32-11)10-33-22-28-17-5-3-13(8-18(17)34-22)27-21(31)26-12-2-4-16(24)15(23)7-12/h2-9H,10H2,1H3,(H2,26,27,31). The van der Waals surface area contributed by atoms with Crippen LogP contribution in [-0.2, 0) is 5.75 Å². The summed E-state index contributed by atoms with van der Waals surface area (Å²) in [7, 11) is 0. The van der Waals surface area contributed by atoms with Gasteiger partial charge in [0.15, 0.2) is 9.99 Å². The molecule has 8 nitrogen and oxygen atoms in total. The molecule has 3 heterocycles. The van der Waals surface area contributed by atoms with Gasteiger partial charge in [-0.3, -0.25) is 4.79 Å². The number of amides is 2. The van der Waals surface area contributed by atoms with Gasteiger partial charge in [-0.15, -0.1) is 15.9 Å². The molecule has 0 unspecified atom stereocenters. The van der Waals surface area contributed by atoms with Crippen LogP contribution in [0, 0.1) is 12.7 Å². The molecule has 0 aliphatic carbocycles. The van der Waals surface area contributed by atoms with E-state index < -0.39 is 11.8 Å². The normalized spacial score (nSPS) is 11.3. The molecule has 5 aromatic rings. The van der Waals surface area contributed by atoms with Crippen molar-refractivity contribution in [3.05, 3.63) is 81.2 Å². The Morgan fingerprint density at radius 1 is 1.15 bits per heavy atom. The van der Waals surface area contributed by atoms with Crippen molar-refractivity contribution in [2.24, 2.45) is 0 Å². The van der Waals surface area contributed by atoms with Crippen molar-refractivity contribution in [1.29, 1.82) is 0 Å². The van der Waals surface area contributed by atoms with Crippen LogP contribution in [0.2, 0.25) is 5.02 Å². The Hall–Kier alpha value is -3.41. The third-order valence-corrected chi connectivity index (χ3v) is 7.16. The number of nitrogens with zero attached hydrogens (tertiary/aromatic N) is 3. The van der Waals surface area contributed by atoms with Crippen molar-refractivity contribution >= 4 is 68.0 Å². The number of fused-ring (bicyclic) bond motifs is 2. The van der Waals surface area contributed by atoms with E-state index in [4.69, 9.17) is 16.1 Å². The summed E-state index contributed by atoms with van der Waals surface area (Å²) in [6.07, 6.45) is 0. The molecule has 2 amide bonds. The lowest BCUT2D eigenvalue weighted by atomic mass is 10.3. The van der Waals surface area contributed by atoms with Gasteiger partial charge in [-0.05, 0) is 43.3 Å². The Bertz CT molecular complexity index is 1610. The van der Waals surface area contributed by atoms with E-state index in [1.54, 1.807) is 19.1 Å². The number of nitrogens with one attached hydrogen (secondary N) is 2. The number of thioether (sulfide) groups is 1. The van der Waals surface area contributed by atoms with E-state index in [1.165, 1.54) is 47.4 Å². The maximum Gasteiger partial charge on any atom is 0.323 e. The summed E-state index contributed by atoms with van der Waals surface area (Å²) in [6.45, 7) is 1.76. The zero-order valence-corrected chi connectivity index (χ0v) is 19.9. The zero-order valence-electron chi connectivity index (χ0n) is 17.5. The summed E-state index contributed by atoms with van der Waals surface area (Å²) < 4.78 is 21.4. The van der Waals surface area contributed by atoms with Crippen molar-refractivity contribution < 1.29 is 13.7 Å². The molecule has 0 aliphatic heterocycles. The topological polar surface area (TPSA) is 102 Å². The number of anilines is 2. The van der Waals surface area contributed by atoms with Gasteiger partial charge in [-0.2, -0.15) is 0 Å². The van der Waals surface area contributed by atoms with Crippen molar-refractivity contribution in [3.63, 3.8) is 0 Å². The van der Waals surface area contributed by atoms with Crippen LogP contribution < -0.4 is 16.2 Å². The molecule has 12 heteroatoms. The highest BCUT2D eigenvalue weighted by atomic mass is 35.5. The Morgan fingerprint density at radius 2 is 1.91 bits per heavy atom. The first-order chi connectivity index (χ1) is 16.3. The summed E-state index contributed by atoms with van der Waals surface area (Å²) in [6, 6.07) is 12.0. The number of thiazole rings is 1. The van der Waals surface area contributed by atoms with Gasteiger partial charge in [0, 0.05) is 29.3 Å². The molecule has 2 aromatic carbocycles. The van der Waals surface area contributed by atoms with E-state index in [0.29, 0.717) is 34.2 Å². The van der Waals surface area contributed by atoms with E-state index in [1.807, 2.05) is 12.1 Å². The summed E-state index contributed by atoms with van der Waals surface area (Å²) in [5.41, 5.74) is 2.58. The second-order valence-corrected chi connectivity index (χ2v) is 9.90. The molecule has 0 bridgehead atoms. The lowest BCUT2D eigenvalue weighted by Crippen LogP contribution is -2.19. The summed E-state index contributed by atoms with van der Waals surface area (Å²) in [5, 5.41) is 5.27. The minimum absolute atomic E-state index is 0.0749. The molecular weight excluding hydrogens is 501 g/mol. The Balaban J connectivity index is 1.26. The minimum atomic E-state index is -0.558. The summed E-state index contributed by atoms with van der Waals surface area (Å²) in [5.74, 6) is 0.529. The number of carbonyl (C=O) groups excluding carboxylic acids is 1. The maximum absolute atomic E-state index is 13.3. The lowest BCUT2D eigenvalue weighted by molar-refractivity contribution is 0.262. The average Bonchev–Trinajstić information content (AvgIpc) is 3.37. The monoisotopic (exact) mass is 515 g/mol. The van der Waals surface area contributed by atoms with Gasteiger partial charge in [0.1, 0.15) is 11.6 Å². The largest absolute Gasteiger partial charge is 0.375 e. The number of aromatic nitrogens is 3. The van der Waals surface area contributed by atoms with Gasteiger partial charge < -0.3 is 15.2 Å². The summed E-state index contributed by atoms with van der Waals surface area (Å²) in [4.78, 5) is 33.5. The number of carbonyl (C=O) groups is 1. The molecule has 0 radical (unpaired) electrons. The number of hydrogen-bond acceptors (Lipinski definition) is 7. The molecule has 0 atom stereocenters. The predicted octanol–water partition coefficient (Wildman–Crippen LogP) is 5.93. The molecule has 2 N–H and O–H groups in total. The molecule has 172 valence electrons. The highest BCUT2D eigenvalue weighted by molar-refractivity contribution is 8.00. The molecule has 0 saturated heterocycles. The number of hydrogen-bond donors (Lipinski definition) is 2. The van der Waals surface area contributed by atoms with Gasteiger partial charge in [0.2, 0.25) is 0 Å². The van der Waals surface area contributed by atoms with Gasteiger partial charge in [-0.25, -0.2) is 19.2 Å². The smallest absolute Gasteiger partial charge is 0.323 e. The van der Waals surface area contributed by atoms with Crippen molar-refractivity contribution in [2.75, 3.05) is 10.6 Å². The van der Waals surface area contributed by atoms with Crippen LogP contribution >= 0.6 is 34.7 Å². The first-order valence-electron chi connectivity index (χ1n) is 9.90. The number of benzene rings is 2. The first kappa shape index (κ1) is 22.4. The predicted molar refractivity (Wildman–Crippen MR) is 132 cm³/mol. The Morgan fingerprint density at radius 3 is 2.71 bits per heavy atom. The fraction of sp³-hybridized carbons (Fsp3) is 0.0909. The highest BCUT2D eigenvalue weighted by Gasteiger charge is 2.11. The number of aryl methyl sites for hydroxylation is 1. The molecule has 0 saturated carbocycles. The van der Waals surface area contributed by atoms with Crippen LogP contribution in [0.4, 0.5) is 20.6 Å². The fourth-order valence-electron chi connectivity index (χ4n) is 3.19. The van der Waals surface area contributed by atoms with E-state index in [0.717, 1.165) is 19.1 Å². The van der Waals surface area contributed by atoms with E-state index in [9.17, 15) is 14.0 Å². The third-order valence-electron chi connectivity index (χ3n) is 4.67. The molecule has 0 aliphatic rings. The molecular formula is C22H15ClFN5O3S2. The van der Waals surface area contributed by atoms with E-state index in [-0.39, 0.29) is 10.6 Å². The van der Waals surface area contributed by atoms with Crippen LogP contribution in [0.15, 0.2) is 62.2 Å². The summed E-state index contributed by atoms with van der Waals surface area (Å²) >= 11 is 8.68. The molecule has 34 heavy (non-hydrogen) atoms. The molecule has 0 fully saturated rings. The first-order valence-corrected chi connectivity index (χ1v) is 12.1. The van der Waals surface area contributed by atoms with Crippen LogP contribution in [0.5, 0.6) is 0 Å². The van der Waals surface area contributed by atoms with E-state index in [2.05, 4.69) is 20.6 Å². The fourth-order valence-corrected chi connectivity index (χ4v) is 5.37. The molecule has 0 spiro atoms. The van der Waals surface area contributed by atoms with Crippen LogP contribution in [0.3, 0.4) is 0 Å². The minimum Gasteiger partial charge on any atom is -0.375 e. The van der Waals surface area contributed by atoms with E-state index >= 15 is 0 Å². The van der Waals surface area contributed by atoms with Crippen LogP contribution in [0.1, 0.15) is 11.5 Å². The number of rotatable bonds is 5. The number of urea groups is 1. The Kier molecular flexibility index (Phi) is 5.98. The quantitative estimate of drug-likeness (QED) is 0.281. The Labute approximate surface area is 204 Å². The SMILES string of the molecule is Cc1cc2nc(CSc3nc4ccc(NC(=O)Nc5ccc(F)c(Cl)c5)cc4s3)cc(=O)n2o1. The maximum atomic E-state index is 13.3.